The lowest BCUT2D eigenvalue weighted by molar-refractivity contribution is 0.217. The molecule has 1 aliphatic heterocycles. The Morgan fingerprint density at radius 2 is 1.90 bits per heavy atom. The van der Waals surface area contributed by atoms with Gasteiger partial charge in [0, 0.05) is 11.7 Å². The van der Waals surface area contributed by atoms with E-state index in [0.29, 0.717) is 16.1 Å². The van der Waals surface area contributed by atoms with Gasteiger partial charge in [-0.15, -0.1) is 0 Å². The lowest BCUT2D eigenvalue weighted by atomic mass is 10.1. The van der Waals surface area contributed by atoms with Gasteiger partial charge in [-0.25, -0.2) is 13.1 Å². The Morgan fingerprint density at radius 1 is 1.29 bits per heavy atom. The average Bonchev–Trinajstić information content (AvgIpc) is 2.43. The standard InChI is InChI=1S/C15H25N3O2S/c1-4-18-7-5-13(6-8-18)17-21(19,20)15-10-11(2)9-14(16)12(15)3/h9-10,13,17H,4-8,16H2,1-3H3. The molecule has 118 valence electrons. The summed E-state index contributed by atoms with van der Waals surface area (Å²) in [6.45, 7) is 8.64. The van der Waals surface area contributed by atoms with E-state index in [4.69, 9.17) is 5.73 Å². The summed E-state index contributed by atoms with van der Waals surface area (Å²) in [5.41, 5.74) is 7.90. The second kappa shape index (κ2) is 6.34. The zero-order chi connectivity index (χ0) is 15.6. The van der Waals surface area contributed by atoms with Gasteiger partial charge in [0.05, 0.1) is 4.90 Å². The van der Waals surface area contributed by atoms with Crippen molar-refractivity contribution in [2.45, 2.75) is 44.6 Å². The Labute approximate surface area is 127 Å². The Balaban J connectivity index is 2.16. The zero-order valence-electron chi connectivity index (χ0n) is 13.0. The third-order valence-electron chi connectivity index (χ3n) is 4.19. The summed E-state index contributed by atoms with van der Waals surface area (Å²) >= 11 is 0. The summed E-state index contributed by atoms with van der Waals surface area (Å²) in [7, 11) is -3.51. The number of aryl methyl sites for hydroxylation is 1. The van der Waals surface area contributed by atoms with Crippen LogP contribution in [0.4, 0.5) is 5.69 Å². The largest absolute Gasteiger partial charge is 0.398 e. The molecule has 0 aliphatic carbocycles. The topological polar surface area (TPSA) is 75.4 Å². The van der Waals surface area contributed by atoms with Crippen molar-refractivity contribution in [2.75, 3.05) is 25.4 Å². The molecule has 0 atom stereocenters. The Hall–Kier alpha value is -1.11. The van der Waals surface area contributed by atoms with Gasteiger partial charge in [-0.3, -0.25) is 0 Å². The highest BCUT2D eigenvalue weighted by Gasteiger charge is 2.25. The van der Waals surface area contributed by atoms with Crippen molar-refractivity contribution in [1.82, 2.24) is 9.62 Å². The van der Waals surface area contributed by atoms with Crippen LogP contribution in [-0.4, -0.2) is 39.0 Å². The van der Waals surface area contributed by atoms with Gasteiger partial charge in [0.2, 0.25) is 10.0 Å². The highest BCUT2D eigenvalue weighted by Crippen LogP contribution is 2.24. The van der Waals surface area contributed by atoms with E-state index in [1.165, 1.54) is 0 Å². The maximum atomic E-state index is 12.6. The fourth-order valence-electron chi connectivity index (χ4n) is 2.78. The number of hydrogen-bond donors (Lipinski definition) is 2. The quantitative estimate of drug-likeness (QED) is 0.829. The molecule has 3 N–H and O–H groups in total. The number of likely N-dealkylation sites (tertiary alicyclic amines) is 1. The molecular formula is C15H25N3O2S. The van der Waals surface area contributed by atoms with Crippen molar-refractivity contribution < 1.29 is 8.42 Å². The average molecular weight is 311 g/mol. The third kappa shape index (κ3) is 3.75. The number of benzene rings is 1. The first-order valence-electron chi connectivity index (χ1n) is 7.45. The van der Waals surface area contributed by atoms with Crippen LogP contribution in [-0.2, 0) is 10.0 Å². The van der Waals surface area contributed by atoms with E-state index < -0.39 is 10.0 Å². The summed E-state index contributed by atoms with van der Waals surface area (Å²) in [5.74, 6) is 0. The number of piperidine rings is 1. The number of sulfonamides is 1. The molecule has 1 heterocycles. The van der Waals surface area contributed by atoms with Crippen molar-refractivity contribution in [1.29, 1.82) is 0 Å². The van der Waals surface area contributed by atoms with Crippen LogP contribution >= 0.6 is 0 Å². The predicted octanol–water partition coefficient (Wildman–Crippen LogP) is 1.65. The molecule has 1 aromatic carbocycles. The second-order valence-electron chi connectivity index (χ2n) is 5.81. The number of anilines is 1. The number of nitrogens with zero attached hydrogens (tertiary/aromatic N) is 1. The molecule has 0 amide bonds. The maximum Gasteiger partial charge on any atom is 0.241 e. The van der Waals surface area contributed by atoms with Gasteiger partial charge in [-0.2, -0.15) is 0 Å². The number of hydrogen-bond acceptors (Lipinski definition) is 4. The molecule has 1 fully saturated rings. The zero-order valence-corrected chi connectivity index (χ0v) is 13.8. The Morgan fingerprint density at radius 3 is 2.48 bits per heavy atom. The minimum absolute atomic E-state index is 0.0129. The summed E-state index contributed by atoms with van der Waals surface area (Å²) in [4.78, 5) is 2.64. The molecule has 1 aromatic rings. The lowest BCUT2D eigenvalue weighted by Crippen LogP contribution is -2.44. The molecule has 0 radical (unpaired) electrons. The molecule has 6 heteroatoms. The predicted molar refractivity (Wildman–Crippen MR) is 85.8 cm³/mol. The van der Waals surface area contributed by atoms with Gasteiger partial charge in [-0.1, -0.05) is 6.92 Å². The van der Waals surface area contributed by atoms with E-state index >= 15 is 0 Å². The Bertz CT molecular complexity index is 606. The first kappa shape index (κ1) is 16.3. The lowest BCUT2D eigenvalue weighted by Gasteiger charge is -2.31. The highest BCUT2D eigenvalue weighted by atomic mass is 32.2. The van der Waals surface area contributed by atoms with Crippen LogP contribution in [0.25, 0.3) is 0 Å². The van der Waals surface area contributed by atoms with E-state index in [9.17, 15) is 8.42 Å². The van der Waals surface area contributed by atoms with Crippen LogP contribution in [0.3, 0.4) is 0 Å². The number of nitrogens with one attached hydrogen (secondary N) is 1. The van der Waals surface area contributed by atoms with Gasteiger partial charge in [0.25, 0.3) is 0 Å². The van der Waals surface area contributed by atoms with Gasteiger partial charge in [-0.05, 0) is 69.6 Å². The second-order valence-corrected chi connectivity index (χ2v) is 7.49. The number of rotatable bonds is 4. The molecule has 2 rings (SSSR count). The van der Waals surface area contributed by atoms with Crippen LogP contribution in [0.15, 0.2) is 17.0 Å². The highest BCUT2D eigenvalue weighted by molar-refractivity contribution is 7.89. The molecule has 1 saturated heterocycles. The number of nitrogens with two attached hydrogens (primary N) is 1. The van der Waals surface area contributed by atoms with E-state index in [-0.39, 0.29) is 6.04 Å². The summed E-state index contributed by atoms with van der Waals surface area (Å²) in [6.07, 6.45) is 1.71. The van der Waals surface area contributed by atoms with Gasteiger partial charge in [0.1, 0.15) is 0 Å². The molecule has 0 aromatic heterocycles. The van der Waals surface area contributed by atoms with Crippen molar-refractivity contribution in [3.63, 3.8) is 0 Å². The molecular weight excluding hydrogens is 286 g/mol. The Kier molecular flexibility index (Phi) is 4.91. The fraction of sp³-hybridized carbons (Fsp3) is 0.600. The molecule has 0 saturated carbocycles. The minimum Gasteiger partial charge on any atom is -0.398 e. The van der Waals surface area contributed by atoms with Crippen molar-refractivity contribution in [3.8, 4) is 0 Å². The molecule has 0 bridgehead atoms. The first-order chi connectivity index (χ1) is 9.83. The smallest absolute Gasteiger partial charge is 0.241 e. The van der Waals surface area contributed by atoms with Gasteiger partial charge >= 0.3 is 0 Å². The third-order valence-corrected chi connectivity index (χ3v) is 5.84. The minimum atomic E-state index is -3.51. The van der Waals surface area contributed by atoms with E-state index in [1.807, 2.05) is 6.92 Å². The first-order valence-corrected chi connectivity index (χ1v) is 8.93. The normalized spacial score (nSPS) is 18.0. The van der Waals surface area contributed by atoms with E-state index in [2.05, 4.69) is 16.5 Å². The molecule has 1 aliphatic rings. The van der Waals surface area contributed by atoms with Gasteiger partial charge in [0.15, 0.2) is 0 Å². The summed E-state index contributed by atoms with van der Waals surface area (Å²) in [5, 5.41) is 0. The van der Waals surface area contributed by atoms with Crippen molar-refractivity contribution in [3.05, 3.63) is 23.3 Å². The van der Waals surface area contributed by atoms with Crippen LogP contribution in [0, 0.1) is 13.8 Å². The van der Waals surface area contributed by atoms with Crippen molar-refractivity contribution in [2.24, 2.45) is 0 Å². The van der Waals surface area contributed by atoms with Crippen LogP contribution < -0.4 is 10.5 Å². The van der Waals surface area contributed by atoms with Gasteiger partial charge < -0.3 is 10.6 Å². The van der Waals surface area contributed by atoms with E-state index in [1.54, 1.807) is 19.1 Å². The maximum absolute atomic E-state index is 12.6. The summed E-state index contributed by atoms with van der Waals surface area (Å²) < 4.78 is 28.0. The molecule has 0 unspecified atom stereocenters. The molecule has 5 nitrogen and oxygen atoms in total. The van der Waals surface area contributed by atoms with Crippen molar-refractivity contribution >= 4 is 15.7 Å². The number of nitrogen functional groups attached to an aromatic ring is 1. The fourth-order valence-corrected chi connectivity index (χ4v) is 4.45. The molecule has 0 spiro atoms. The van der Waals surface area contributed by atoms with Crippen LogP contribution in [0.2, 0.25) is 0 Å². The molecule has 21 heavy (non-hydrogen) atoms. The van der Waals surface area contributed by atoms with E-state index in [0.717, 1.165) is 38.0 Å². The van der Waals surface area contributed by atoms with Crippen LogP contribution in [0.5, 0.6) is 0 Å². The monoisotopic (exact) mass is 311 g/mol. The summed E-state index contributed by atoms with van der Waals surface area (Å²) in [6, 6.07) is 3.50. The SMILES string of the molecule is CCN1CCC(NS(=O)(=O)c2cc(C)cc(N)c2C)CC1. The van der Waals surface area contributed by atoms with Crippen LogP contribution in [0.1, 0.15) is 30.9 Å².